The molecule has 124 valence electrons. The average molecular weight is 337 g/mol. The summed E-state index contributed by atoms with van der Waals surface area (Å²) in [5, 5.41) is 8.13. The van der Waals surface area contributed by atoms with Crippen molar-refractivity contribution in [2.24, 2.45) is 0 Å². The van der Waals surface area contributed by atoms with Crippen molar-refractivity contribution >= 4 is 23.2 Å². The lowest BCUT2D eigenvalue weighted by Gasteiger charge is -2.31. The molecule has 0 amide bonds. The average Bonchev–Trinajstić information content (AvgIpc) is 3.04. The molecule has 2 aromatic rings. The van der Waals surface area contributed by atoms with Gasteiger partial charge in [0.15, 0.2) is 0 Å². The van der Waals surface area contributed by atoms with Crippen molar-refractivity contribution in [1.29, 1.82) is 0 Å². The van der Waals surface area contributed by atoms with Crippen LogP contribution in [0, 0.1) is 0 Å². The van der Waals surface area contributed by atoms with Gasteiger partial charge in [0.1, 0.15) is 0 Å². The molecule has 3 rings (SSSR count). The molecule has 0 spiro atoms. The van der Waals surface area contributed by atoms with Crippen molar-refractivity contribution in [3.8, 4) is 0 Å². The SMILES string of the molecule is COCCN1CCC(n2cc(Nc3ncc(Cl)cn3)cn2)CC1. The first-order valence-electron chi connectivity index (χ1n) is 7.74. The van der Waals surface area contributed by atoms with Crippen LogP contribution in [0.15, 0.2) is 24.8 Å². The third-order valence-corrected chi connectivity index (χ3v) is 4.22. The van der Waals surface area contributed by atoms with E-state index in [1.165, 1.54) is 0 Å². The van der Waals surface area contributed by atoms with Gasteiger partial charge in [0.25, 0.3) is 0 Å². The van der Waals surface area contributed by atoms with Gasteiger partial charge in [-0.3, -0.25) is 4.68 Å². The predicted octanol–water partition coefficient (Wildman–Crippen LogP) is 2.35. The lowest BCUT2D eigenvalue weighted by molar-refractivity contribution is 0.119. The van der Waals surface area contributed by atoms with Crippen LogP contribution < -0.4 is 5.32 Å². The molecule has 0 bridgehead atoms. The molecule has 7 nitrogen and oxygen atoms in total. The van der Waals surface area contributed by atoms with Gasteiger partial charge in [-0.15, -0.1) is 0 Å². The number of piperidine rings is 1. The predicted molar refractivity (Wildman–Crippen MR) is 89.1 cm³/mol. The summed E-state index contributed by atoms with van der Waals surface area (Å²) in [6.07, 6.45) is 9.14. The van der Waals surface area contributed by atoms with E-state index in [0.29, 0.717) is 17.0 Å². The Morgan fingerprint density at radius 2 is 2.00 bits per heavy atom. The van der Waals surface area contributed by atoms with Crippen LogP contribution in [0.1, 0.15) is 18.9 Å². The van der Waals surface area contributed by atoms with Gasteiger partial charge >= 0.3 is 0 Å². The van der Waals surface area contributed by atoms with Crippen molar-refractivity contribution in [2.45, 2.75) is 18.9 Å². The summed E-state index contributed by atoms with van der Waals surface area (Å²) in [7, 11) is 1.75. The molecule has 1 aliphatic rings. The number of anilines is 2. The molecule has 1 fully saturated rings. The van der Waals surface area contributed by atoms with E-state index in [2.05, 4.69) is 25.3 Å². The maximum absolute atomic E-state index is 5.78. The summed E-state index contributed by atoms with van der Waals surface area (Å²) >= 11 is 5.78. The van der Waals surface area contributed by atoms with Gasteiger partial charge < -0.3 is 15.0 Å². The first-order valence-corrected chi connectivity index (χ1v) is 8.12. The van der Waals surface area contributed by atoms with Gasteiger partial charge in [-0.25, -0.2) is 9.97 Å². The standard InChI is InChI=1S/C15H21ClN6O/c1-23-7-6-21-4-2-14(3-5-21)22-11-13(10-19-22)20-15-17-8-12(16)9-18-15/h8-11,14H,2-7H2,1H3,(H,17,18,20). The zero-order chi connectivity index (χ0) is 16.1. The highest BCUT2D eigenvalue weighted by molar-refractivity contribution is 6.30. The fourth-order valence-corrected chi connectivity index (χ4v) is 2.83. The van der Waals surface area contributed by atoms with Crippen LogP contribution >= 0.6 is 11.6 Å². The van der Waals surface area contributed by atoms with E-state index in [9.17, 15) is 0 Å². The molecule has 23 heavy (non-hydrogen) atoms. The van der Waals surface area contributed by atoms with Crippen molar-refractivity contribution in [2.75, 3.05) is 38.7 Å². The van der Waals surface area contributed by atoms with E-state index in [4.69, 9.17) is 16.3 Å². The minimum absolute atomic E-state index is 0.440. The molecule has 8 heteroatoms. The summed E-state index contributed by atoms with van der Waals surface area (Å²) in [4.78, 5) is 10.7. The molecule has 0 unspecified atom stereocenters. The second-order valence-corrected chi connectivity index (χ2v) is 6.06. The van der Waals surface area contributed by atoms with E-state index in [-0.39, 0.29) is 0 Å². The Bertz CT molecular complexity index is 609. The molecule has 1 aliphatic heterocycles. The van der Waals surface area contributed by atoms with Crippen LogP contribution in [0.25, 0.3) is 0 Å². The Morgan fingerprint density at radius 3 is 2.70 bits per heavy atom. The van der Waals surface area contributed by atoms with Crippen LogP contribution in [0.4, 0.5) is 11.6 Å². The Balaban J connectivity index is 1.54. The molecule has 0 aromatic carbocycles. The number of rotatable bonds is 6. The number of nitrogens with zero attached hydrogens (tertiary/aromatic N) is 5. The van der Waals surface area contributed by atoms with E-state index >= 15 is 0 Å². The van der Waals surface area contributed by atoms with E-state index in [0.717, 1.165) is 44.8 Å². The Morgan fingerprint density at radius 1 is 1.26 bits per heavy atom. The van der Waals surface area contributed by atoms with Crippen molar-refractivity contribution in [3.05, 3.63) is 29.8 Å². The number of hydrogen-bond acceptors (Lipinski definition) is 6. The number of hydrogen-bond donors (Lipinski definition) is 1. The van der Waals surface area contributed by atoms with Gasteiger partial charge in [-0.05, 0) is 12.8 Å². The van der Waals surface area contributed by atoms with Crippen LogP contribution in [-0.4, -0.2) is 58.0 Å². The highest BCUT2D eigenvalue weighted by Gasteiger charge is 2.20. The molecule has 0 atom stereocenters. The normalized spacial score (nSPS) is 16.6. The lowest BCUT2D eigenvalue weighted by atomic mass is 10.1. The Labute approximate surface area is 140 Å². The van der Waals surface area contributed by atoms with Crippen molar-refractivity contribution in [1.82, 2.24) is 24.6 Å². The topological polar surface area (TPSA) is 68.1 Å². The van der Waals surface area contributed by atoms with Crippen molar-refractivity contribution in [3.63, 3.8) is 0 Å². The third kappa shape index (κ3) is 4.40. The zero-order valence-corrected chi connectivity index (χ0v) is 13.9. The second-order valence-electron chi connectivity index (χ2n) is 5.62. The number of nitrogens with one attached hydrogen (secondary N) is 1. The largest absolute Gasteiger partial charge is 0.383 e. The molecule has 3 heterocycles. The molecule has 2 aromatic heterocycles. The number of halogens is 1. The van der Waals surface area contributed by atoms with E-state index in [1.54, 1.807) is 25.7 Å². The number of ether oxygens (including phenoxy) is 1. The quantitative estimate of drug-likeness (QED) is 0.873. The van der Waals surface area contributed by atoms with Crippen molar-refractivity contribution < 1.29 is 4.74 Å². The maximum atomic E-state index is 5.78. The Hall–Kier alpha value is -1.70. The number of likely N-dealkylation sites (tertiary alicyclic amines) is 1. The van der Waals surface area contributed by atoms with E-state index in [1.807, 2.05) is 10.9 Å². The van der Waals surface area contributed by atoms with Crippen LogP contribution in [0.5, 0.6) is 0 Å². The summed E-state index contributed by atoms with van der Waals surface area (Å²) in [6, 6.07) is 0.440. The van der Waals surface area contributed by atoms with Gasteiger partial charge in [-0.1, -0.05) is 11.6 Å². The van der Waals surface area contributed by atoms with Gasteiger partial charge in [0.2, 0.25) is 5.95 Å². The number of methoxy groups -OCH3 is 1. The van der Waals surface area contributed by atoms with Crippen LogP contribution in [0.3, 0.4) is 0 Å². The minimum Gasteiger partial charge on any atom is -0.383 e. The molecular weight excluding hydrogens is 316 g/mol. The van der Waals surface area contributed by atoms with Gasteiger partial charge in [0.05, 0.1) is 41.9 Å². The zero-order valence-electron chi connectivity index (χ0n) is 13.2. The fourth-order valence-electron chi connectivity index (χ4n) is 2.74. The molecule has 0 saturated carbocycles. The Kier molecular flexibility index (Phi) is 5.43. The first kappa shape index (κ1) is 16.2. The molecule has 0 radical (unpaired) electrons. The summed E-state index contributed by atoms with van der Waals surface area (Å²) < 4.78 is 7.17. The highest BCUT2D eigenvalue weighted by Crippen LogP contribution is 2.23. The molecular formula is C15H21ClN6O. The fraction of sp³-hybridized carbons (Fsp3) is 0.533. The smallest absolute Gasteiger partial charge is 0.227 e. The van der Waals surface area contributed by atoms with E-state index < -0.39 is 0 Å². The summed E-state index contributed by atoms with van der Waals surface area (Å²) in [5.74, 6) is 0.517. The second kappa shape index (κ2) is 7.72. The summed E-state index contributed by atoms with van der Waals surface area (Å²) in [6.45, 7) is 3.96. The molecule has 0 aliphatic carbocycles. The van der Waals surface area contributed by atoms with Crippen LogP contribution in [0.2, 0.25) is 5.02 Å². The summed E-state index contributed by atoms with van der Waals surface area (Å²) in [5.41, 5.74) is 0.883. The lowest BCUT2D eigenvalue weighted by Crippen LogP contribution is -2.36. The monoisotopic (exact) mass is 336 g/mol. The maximum Gasteiger partial charge on any atom is 0.227 e. The highest BCUT2D eigenvalue weighted by atomic mass is 35.5. The molecule has 1 saturated heterocycles. The number of aromatic nitrogens is 4. The van der Waals surface area contributed by atoms with Gasteiger partial charge in [-0.2, -0.15) is 5.10 Å². The van der Waals surface area contributed by atoms with Crippen LogP contribution in [-0.2, 0) is 4.74 Å². The third-order valence-electron chi connectivity index (χ3n) is 4.02. The molecule has 1 N–H and O–H groups in total. The van der Waals surface area contributed by atoms with Gasteiger partial charge in [0, 0.05) is 32.9 Å². The first-order chi connectivity index (χ1) is 11.2. The minimum atomic E-state index is 0.440.